The van der Waals surface area contributed by atoms with Crippen molar-refractivity contribution >= 4 is 172 Å². The predicted molar refractivity (Wildman–Crippen MR) is 595 cm³/mol. The van der Waals surface area contributed by atoms with E-state index in [1.165, 1.54) is 53.3 Å². The summed E-state index contributed by atoms with van der Waals surface area (Å²) in [5, 5.41) is 57.8. The highest BCUT2D eigenvalue weighted by Gasteiger charge is 2.51. The second-order valence-corrected chi connectivity index (χ2v) is 55.8. The number of carbonyl (C=O) groups excluding carboxylic acids is 8. The van der Waals surface area contributed by atoms with Gasteiger partial charge in [-0.3, -0.25) is 88.9 Å². The van der Waals surface area contributed by atoms with E-state index in [-0.39, 0.29) is 168 Å². The first-order valence-corrected chi connectivity index (χ1v) is 67.3. The molecule has 0 aliphatic heterocycles. The fraction of sp³-hybridized carbons (Fsp3) is 0.750. The zero-order valence-electron chi connectivity index (χ0n) is 85.1. The van der Waals surface area contributed by atoms with Gasteiger partial charge >= 0.3 is 29.8 Å². The van der Waals surface area contributed by atoms with Gasteiger partial charge in [-0.2, -0.15) is 0 Å². The fourth-order valence-corrected chi connectivity index (χ4v) is 38.7. The first kappa shape index (κ1) is 127. The normalized spacial score (nSPS) is 25.5. The molecule has 0 bridgehead atoms. The number of Topliss-reactive ketones (excluding diaryl/α,β-unsaturated/α-hetero) is 3. The quantitative estimate of drug-likeness (QED) is 0.0167. The maximum atomic E-state index is 13.5. The van der Waals surface area contributed by atoms with Gasteiger partial charge in [-0.25, -0.2) is 0 Å². The Morgan fingerprint density at radius 2 is 0.444 bits per heavy atom. The molecule has 0 N–H and O–H groups in total. The Labute approximate surface area is 898 Å². The second kappa shape index (κ2) is 71.8. The molecule has 0 radical (unpaired) electrons. The summed E-state index contributed by atoms with van der Waals surface area (Å²) in [6.07, 6.45) is 32.9. The number of carbonyl (C=O) groups is 8. The molecule has 0 spiro atoms. The van der Waals surface area contributed by atoms with E-state index in [9.17, 15) is 88.9 Å². The molecule has 144 heavy (non-hydrogen) atoms. The highest BCUT2D eigenvalue weighted by Crippen LogP contribution is 2.48. The topological polar surface area (TPSA) is 389 Å². The van der Waals surface area contributed by atoms with Crippen LogP contribution in [0.2, 0.25) is 0 Å². The summed E-state index contributed by atoms with van der Waals surface area (Å²) in [7, 11) is 13.0. The highest BCUT2D eigenvalue weighted by molar-refractivity contribution is 8.68. The van der Waals surface area contributed by atoms with E-state index in [1.807, 2.05) is 133 Å². The minimum Gasteiger partial charge on any atom is -0.461 e. The minimum absolute atomic E-state index is 0.140. The van der Waals surface area contributed by atoms with Gasteiger partial charge in [0.15, 0.2) is 0 Å². The van der Waals surface area contributed by atoms with Gasteiger partial charge in [-0.15, -0.1) is 0 Å². The molecular formula is C104H155N5O22S13. The van der Waals surface area contributed by atoms with Crippen molar-refractivity contribution in [3.63, 3.8) is 0 Å². The van der Waals surface area contributed by atoms with Gasteiger partial charge in [0.2, 0.25) is 30.2 Å². The van der Waals surface area contributed by atoms with Gasteiger partial charge in [0.25, 0.3) is 0 Å². The summed E-state index contributed by atoms with van der Waals surface area (Å²) < 4.78 is 22.3. The lowest BCUT2D eigenvalue weighted by atomic mass is 9.67. The van der Waals surface area contributed by atoms with Crippen molar-refractivity contribution in [2.24, 2.45) is 112 Å². The Bertz CT molecular complexity index is 4550. The van der Waals surface area contributed by atoms with Gasteiger partial charge in [-0.05, 0) is 206 Å². The molecule has 0 unspecified atom stereocenters. The summed E-state index contributed by atoms with van der Waals surface area (Å²) in [5.74, 6) is -4.63. The Morgan fingerprint density at radius 1 is 0.264 bits per heavy atom. The minimum atomic E-state index is -0.796. The largest absolute Gasteiger partial charge is 0.461 e. The van der Waals surface area contributed by atoms with Crippen LogP contribution in [0.3, 0.4) is 0 Å². The first-order chi connectivity index (χ1) is 69.5. The molecule has 11 rings (SSSR count). The molecule has 0 heterocycles. The van der Waals surface area contributed by atoms with Crippen molar-refractivity contribution in [2.45, 2.75) is 382 Å². The molecule has 24 atom stereocenters. The fourth-order valence-electron chi connectivity index (χ4n) is 25.0. The molecule has 8 saturated carbocycles. The van der Waals surface area contributed by atoms with E-state index in [0.29, 0.717) is 116 Å². The maximum absolute atomic E-state index is 13.5. The van der Waals surface area contributed by atoms with E-state index in [0.717, 1.165) is 177 Å². The van der Waals surface area contributed by atoms with Crippen LogP contribution in [0.15, 0.2) is 91.0 Å². The van der Waals surface area contributed by atoms with Crippen LogP contribution in [0, 0.1) is 163 Å². The number of esters is 5. The number of benzene rings is 3. The Balaban J connectivity index is 0.000000282. The van der Waals surface area contributed by atoms with E-state index >= 15 is 0 Å². The Morgan fingerprint density at radius 3 is 0.646 bits per heavy atom. The van der Waals surface area contributed by atoms with E-state index in [2.05, 4.69) is 44.8 Å². The highest BCUT2D eigenvalue weighted by atomic mass is 33.4. The van der Waals surface area contributed by atoms with Crippen LogP contribution in [0.4, 0.5) is 0 Å². The van der Waals surface area contributed by atoms with Gasteiger partial charge in [0.05, 0.1) is 29.6 Å². The zero-order valence-corrected chi connectivity index (χ0v) is 95.7. The zero-order chi connectivity index (χ0) is 105. The van der Waals surface area contributed by atoms with E-state index in [1.54, 1.807) is 40.5 Å². The van der Waals surface area contributed by atoms with Crippen LogP contribution in [0.1, 0.15) is 348 Å². The third kappa shape index (κ3) is 41.7. The van der Waals surface area contributed by atoms with Crippen molar-refractivity contribution in [2.75, 3.05) is 0 Å². The lowest BCUT2D eigenvalue weighted by Gasteiger charge is -2.37. The van der Waals surface area contributed by atoms with Crippen LogP contribution < -0.4 is 0 Å². The van der Waals surface area contributed by atoms with Crippen molar-refractivity contribution in [1.82, 2.24) is 0 Å². The van der Waals surface area contributed by atoms with E-state index < -0.39 is 65.8 Å². The number of nitrogens with zero attached hydrogens (tertiary/aromatic N) is 5. The lowest BCUT2D eigenvalue weighted by molar-refractivity contribution is -0.537. The van der Waals surface area contributed by atoms with Gasteiger partial charge in [0.1, 0.15) is 37.2 Å². The Kier molecular flexibility index (Phi) is 63.2. The molecule has 8 fully saturated rings. The number of ketones is 3. The van der Waals surface area contributed by atoms with Gasteiger partial charge < -0.3 is 18.9 Å². The number of hydrogen-bond donors (Lipinski definition) is 0. The SMILES string of the molecule is CC[C@H](C(=O)OC(=O)[C@@H](CC)[C@@H]1CCCC[C@@H]1[N+](=O)[O-])[C@@H]1CCCC[C@@H]1[N+](=O)[O-].CC[C@H](C(=O)OCc1ccccc1)[C@@H]1CCCC[C@@H]1CC(=O)[C@@H](CC)[C@@H]1CCCC[C@@H]1[N+](=O)[O-].CC[C@H](C(=O)OCc1ccccc1)[C@@H]1CCCC[C@@H]1CC(=O)[C@@H](CC)[C@@H]1CCCC[C@@H]1[N+](=O)[O-].CC[C@H](C(=O)OCc1ccccc1)[C@@H]1CCCC[C@@H]1CC(=O)[C@@H](CC)[C@@H]1CCCC[C@H]1[N+](=O)[O-].S=S=S=S=S=S.S=S=S=S=S=S=S. The number of ether oxygens (including phenoxy) is 4. The predicted octanol–water partition coefficient (Wildman–Crippen LogP) is 22.9. The number of rotatable bonds is 41. The molecule has 0 aromatic heterocycles. The third-order valence-electron chi connectivity index (χ3n) is 32.0. The molecule has 8 aliphatic rings. The molecule has 40 heteroatoms. The standard InChI is InChI=1S/3C28H41NO5.C20H32N2O7.S7.S6/c3*1-3-22(25-16-10-11-17-26(25)29(32)33)27(30)18-21-14-8-9-15-24(21)23(4-2)28(31)34-19-20-12-6-5-7-13-20;1-3-13(15-9-5-7-11-17(15)21(25)26)19(23)29-20(24)14(4-2)16-10-6-8-12-18(16)22(27)28;1-3-5-7-6-4-2;1-3-5-6-4-2/h3*5-7,12-13,21-26H,3-4,8-11,14-19H2,1-2H3;13-18H,3-12H2,1-2H3;;/t2*21-,22+,23+,24-,25+,26+;21-,22+,23+,24-,25+,26-;13-,14-,15-,16-,17-,18-;;/m1110../s1. The second-order valence-electron chi connectivity index (χ2n) is 39.9. The first-order valence-electron chi connectivity index (χ1n) is 52.6. The number of nitro groups is 5. The molecule has 27 nitrogen and oxygen atoms in total. The van der Waals surface area contributed by atoms with Crippen molar-refractivity contribution in [3.8, 4) is 0 Å². The summed E-state index contributed by atoms with van der Waals surface area (Å²) in [5.41, 5.74) is 2.92. The monoisotopic (exact) mass is 2240 g/mol. The van der Waals surface area contributed by atoms with Crippen LogP contribution in [0.5, 0.6) is 0 Å². The summed E-state index contributed by atoms with van der Waals surface area (Å²) >= 11 is 18.2. The lowest BCUT2D eigenvalue weighted by Crippen LogP contribution is -2.43. The maximum Gasteiger partial charge on any atom is 0.317 e. The van der Waals surface area contributed by atoms with Crippen molar-refractivity contribution in [1.29, 1.82) is 0 Å². The van der Waals surface area contributed by atoms with Crippen LogP contribution in [-0.2, 0) is 202 Å². The van der Waals surface area contributed by atoms with Crippen LogP contribution >= 0.6 is 0 Å². The van der Waals surface area contributed by atoms with Gasteiger partial charge in [-0.1, -0.05) is 217 Å². The third-order valence-corrected chi connectivity index (χ3v) is 47.6. The van der Waals surface area contributed by atoms with Gasteiger partial charge in [0, 0.05) is 248 Å². The molecular weight excluding hydrogens is 2090 g/mol. The van der Waals surface area contributed by atoms with E-state index in [4.69, 9.17) is 18.9 Å². The molecule has 3 aromatic rings. The molecule has 0 saturated heterocycles. The molecule has 8 aliphatic carbocycles. The molecule has 0 amide bonds. The Hall–Kier alpha value is -5.92. The van der Waals surface area contributed by atoms with Crippen LogP contribution in [-0.4, -0.2) is 102 Å². The average molecular weight is 2240 g/mol. The number of hydrogen-bond acceptors (Lipinski definition) is 26. The van der Waals surface area contributed by atoms with Crippen LogP contribution in [0.25, 0.3) is 0 Å². The molecule has 3 aromatic carbocycles. The van der Waals surface area contributed by atoms with Crippen molar-refractivity contribution in [3.05, 3.63) is 158 Å². The summed E-state index contributed by atoms with van der Waals surface area (Å²) in [4.78, 5) is 162. The average Bonchev–Trinajstić information content (AvgIpc) is 0.822. The summed E-state index contributed by atoms with van der Waals surface area (Å²) in [6, 6.07) is 25.7. The smallest absolute Gasteiger partial charge is 0.317 e. The molecule has 806 valence electrons. The summed E-state index contributed by atoms with van der Waals surface area (Å²) in [6.45, 7) is 16.4. The van der Waals surface area contributed by atoms with Crippen molar-refractivity contribution < 1.29 is 81.9 Å².